The minimum atomic E-state index is -1.32. The predicted molar refractivity (Wildman–Crippen MR) is 59.8 cm³/mol. The first-order valence-corrected chi connectivity index (χ1v) is 5.64. The molecule has 0 aromatic heterocycles. The van der Waals surface area contributed by atoms with Crippen molar-refractivity contribution in [3.05, 3.63) is 35.4 Å². The lowest BCUT2D eigenvalue weighted by molar-refractivity contribution is -0.205. The number of ether oxygens (including phenoxy) is 1. The average Bonchev–Trinajstić information content (AvgIpc) is 2.53. The molecular formula is C13H16O3. The third-order valence-electron chi connectivity index (χ3n) is 2.81. The standard InChI is InChI=1S/C13H16O3/c1-2-5-12(14)16-13(15)8-10-6-3-4-7-11(10)9-13/h3-4,6-7,15H,2,5,8-9H2,1H3. The van der Waals surface area contributed by atoms with Crippen LogP contribution in [0.1, 0.15) is 30.9 Å². The maximum absolute atomic E-state index is 11.4. The quantitative estimate of drug-likeness (QED) is 0.624. The highest BCUT2D eigenvalue weighted by Gasteiger charge is 2.38. The van der Waals surface area contributed by atoms with E-state index in [9.17, 15) is 9.90 Å². The summed E-state index contributed by atoms with van der Waals surface area (Å²) in [5.41, 5.74) is 2.13. The number of fused-ring (bicyclic) bond motifs is 1. The van der Waals surface area contributed by atoms with Crippen LogP contribution < -0.4 is 0 Å². The van der Waals surface area contributed by atoms with Crippen LogP contribution in [0.2, 0.25) is 0 Å². The summed E-state index contributed by atoms with van der Waals surface area (Å²) in [6, 6.07) is 7.78. The monoisotopic (exact) mass is 220 g/mol. The smallest absolute Gasteiger partial charge is 0.308 e. The Kier molecular flexibility index (Phi) is 2.97. The van der Waals surface area contributed by atoms with Crippen LogP contribution in [-0.4, -0.2) is 16.9 Å². The fraction of sp³-hybridized carbons (Fsp3) is 0.462. The summed E-state index contributed by atoms with van der Waals surface area (Å²) in [6.07, 6.45) is 1.90. The molecule has 0 amide bonds. The Morgan fingerprint density at radius 2 is 1.94 bits per heavy atom. The second-order valence-electron chi connectivity index (χ2n) is 4.29. The maximum atomic E-state index is 11.4. The molecule has 0 heterocycles. The van der Waals surface area contributed by atoms with Crippen LogP contribution in [0.5, 0.6) is 0 Å². The molecule has 0 fully saturated rings. The van der Waals surface area contributed by atoms with Crippen LogP contribution >= 0.6 is 0 Å². The first-order chi connectivity index (χ1) is 7.63. The molecule has 0 saturated heterocycles. The minimum Gasteiger partial charge on any atom is -0.433 e. The second-order valence-corrected chi connectivity index (χ2v) is 4.29. The molecule has 16 heavy (non-hydrogen) atoms. The van der Waals surface area contributed by atoms with Crippen molar-refractivity contribution in [1.82, 2.24) is 0 Å². The lowest BCUT2D eigenvalue weighted by atomic mass is 10.1. The SMILES string of the molecule is CCCC(=O)OC1(O)Cc2ccccc2C1. The summed E-state index contributed by atoms with van der Waals surface area (Å²) in [7, 11) is 0. The van der Waals surface area contributed by atoms with Gasteiger partial charge in [0.1, 0.15) is 0 Å². The van der Waals surface area contributed by atoms with E-state index in [0.717, 1.165) is 17.5 Å². The van der Waals surface area contributed by atoms with Gasteiger partial charge >= 0.3 is 5.97 Å². The van der Waals surface area contributed by atoms with Gasteiger partial charge in [0.2, 0.25) is 5.79 Å². The van der Waals surface area contributed by atoms with Crippen LogP contribution in [0, 0.1) is 0 Å². The molecule has 0 bridgehead atoms. The summed E-state index contributed by atoms with van der Waals surface area (Å²) < 4.78 is 5.14. The van der Waals surface area contributed by atoms with Gasteiger partial charge in [0.05, 0.1) is 0 Å². The van der Waals surface area contributed by atoms with Gasteiger partial charge < -0.3 is 9.84 Å². The Balaban J connectivity index is 2.06. The zero-order chi connectivity index (χ0) is 11.6. The van der Waals surface area contributed by atoms with E-state index in [1.807, 2.05) is 31.2 Å². The number of rotatable bonds is 3. The predicted octanol–water partition coefficient (Wildman–Crippen LogP) is 1.82. The summed E-state index contributed by atoms with van der Waals surface area (Å²) >= 11 is 0. The van der Waals surface area contributed by atoms with Crippen molar-refractivity contribution in [2.75, 3.05) is 0 Å². The van der Waals surface area contributed by atoms with E-state index in [1.54, 1.807) is 0 Å². The number of benzene rings is 1. The number of carbonyl (C=O) groups is 1. The number of esters is 1. The van der Waals surface area contributed by atoms with Crippen molar-refractivity contribution in [1.29, 1.82) is 0 Å². The Morgan fingerprint density at radius 3 is 2.44 bits per heavy atom. The molecule has 1 aromatic rings. The van der Waals surface area contributed by atoms with Crippen LogP contribution in [0.3, 0.4) is 0 Å². The van der Waals surface area contributed by atoms with Crippen molar-refractivity contribution >= 4 is 5.97 Å². The van der Waals surface area contributed by atoms with Gasteiger partial charge in [-0.25, -0.2) is 0 Å². The van der Waals surface area contributed by atoms with E-state index in [0.29, 0.717) is 19.3 Å². The Morgan fingerprint density at radius 1 is 1.38 bits per heavy atom. The molecule has 0 saturated carbocycles. The third-order valence-corrected chi connectivity index (χ3v) is 2.81. The van der Waals surface area contributed by atoms with E-state index >= 15 is 0 Å². The number of hydrogen-bond acceptors (Lipinski definition) is 3. The number of carbonyl (C=O) groups excluding carboxylic acids is 1. The van der Waals surface area contributed by atoms with Gasteiger partial charge in [-0.2, -0.15) is 0 Å². The summed E-state index contributed by atoms with van der Waals surface area (Å²) in [4.78, 5) is 11.4. The van der Waals surface area contributed by atoms with E-state index in [2.05, 4.69) is 0 Å². The highest BCUT2D eigenvalue weighted by Crippen LogP contribution is 2.31. The summed E-state index contributed by atoms with van der Waals surface area (Å²) in [6.45, 7) is 1.91. The van der Waals surface area contributed by atoms with Crippen LogP contribution in [0.25, 0.3) is 0 Å². The molecule has 1 N–H and O–H groups in total. The summed E-state index contributed by atoms with van der Waals surface area (Å²) in [5.74, 6) is -1.64. The molecular weight excluding hydrogens is 204 g/mol. The number of aliphatic hydroxyl groups is 1. The van der Waals surface area contributed by atoms with Gasteiger partial charge in [-0.15, -0.1) is 0 Å². The fourth-order valence-electron chi connectivity index (χ4n) is 2.10. The van der Waals surface area contributed by atoms with Gasteiger partial charge in [-0.3, -0.25) is 4.79 Å². The molecule has 3 nitrogen and oxygen atoms in total. The van der Waals surface area contributed by atoms with Gasteiger partial charge in [0, 0.05) is 19.3 Å². The van der Waals surface area contributed by atoms with Crippen molar-refractivity contribution in [2.45, 2.75) is 38.4 Å². The van der Waals surface area contributed by atoms with E-state index in [1.165, 1.54) is 0 Å². The van der Waals surface area contributed by atoms with E-state index in [-0.39, 0.29) is 5.97 Å². The molecule has 3 heteroatoms. The molecule has 2 rings (SSSR count). The van der Waals surface area contributed by atoms with E-state index in [4.69, 9.17) is 4.74 Å². The van der Waals surface area contributed by atoms with Gasteiger partial charge in [0.15, 0.2) is 0 Å². The highest BCUT2D eigenvalue weighted by molar-refractivity contribution is 5.69. The van der Waals surface area contributed by atoms with Crippen molar-refractivity contribution in [3.63, 3.8) is 0 Å². The summed E-state index contributed by atoms with van der Waals surface area (Å²) in [5, 5.41) is 10.2. The Labute approximate surface area is 95.0 Å². The zero-order valence-electron chi connectivity index (χ0n) is 9.40. The molecule has 0 radical (unpaired) electrons. The highest BCUT2D eigenvalue weighted by atomic mass is 16.7. The van der Waals surface area contributed by atoms with Crippen LogP contribution in [0.15, 0.2) is 24.3 Å². The normalized spacial score (nSPS) is 16.9. The maximum Gasteiger partial charge on any atom is 0.308 e. The molecule has 0 atom stereocenters. The molecule has 1 aromatic carbocycles. The Hall–Kier alpha value is -1.35. The van der Waals surface area contributed by atoms with Gasteiger partial charge in [0.25, 0.3) is 0 Å². The minimum absolute atomic E-state index is 0.321. The average molecular weight is 220 g/mol. The first kappa shape index (κ1) is 11.1. The van der Waals surface area contributed by atoms with E-state index < -0.39 is 5.79 Å². The molecule has 0 aliphatic heterocycles. The largest absolute Gasteiger partial charge is 0.433 e. The van der Waals surface area contributed by atoms with Crippen molar-refractivity contribution in [2.24, 2.45) is 0 Å². The fourth-order valence-corrected chi connectivity index (χ4v) is 2.10. The van der Waals surface area contributed by atoms with Crippen LogP contribution in [0.4, 0.5) is 0 Å². The first-order valence-electron chi connectivity index (χ1n) is 5.64. The topological polar surface area (TPSA) is 46.5 Å². The van der Waals surface area contributed by atoms with Crippen LogP contribution in [-0.2, 0) is 22.4 Å². The lowest BCUT2D eigenvalue weighted by Gasteiger charge is -2.22. The van der Waals surface area contributed by atoms with Gasteiger partial charge in [-0.1, -0.05) is 31.2 Å². The lowest BCUT2D eigenvalue weighted by Crippen LogP contribution is -2.35. The second kappa shape index (κ2) is 4.26. The molecule has 0 spiro atoms. The Bertz CT molecular complexity index is 373. The van der Waals surface area contributed by atoms with Gasteiger partial charge in [-0.05, 0) is 17.5 Å². The number of hydrogen-bond donors (Lipinski definition) is 1. The molecule has 1 aliphatic carbocycles. The molecule has 86 valence electrons. The third kappa shape index (κ3) is 2.25. The molecule has 0 unspecified atom stereocenters. The van der Waals surface area contributed by atoms with Crippen molar-refractivity contribution in [3.8, 4) is 0 Å². The zero-order valence-corrected chi connectivity index (χ0v) is 9.40. The molecule has 1 aliphatic rings. The van der Waals surface area contributed by atoms with Crippen molar-refractivity contribution < 1.29 is 14.6 Å².